The van der Waals surface area contributed by atoms with Crippen molar-refractivity contribution in [1.29, 1.82) is 0 Å². The van der Waals surface area contributed by atoms with Crippen LogP contribution < -0.4 is 11.1 Å². The predicted octanol–water partition coefficient (Wildman–Crippen LogP) is 0.971. The number of carbonyl (C=O) groups excluding carboxylic acids is 2. The summed E-state index contributed by atoms with van der Waals surface area (Å²) in [6, 6.07) is 1.50. The first-order valence-electron chi connectivity index (χ1n) is 6.48. The van der Waals surface area contributed by atoms with Crippen LogP contribution in [-0.4, -0.2) is 46.9 Å². The molecule has 4 N–H and O–H groups in total. The molecule has 1 aromatic heterocycles. The maximum atomic E-state index is 12.0. The lowest BCUT2D eigenvalue weighted by molar-refractivity contribution is -0.139. The number of nitrogens with two attached hydrogens (primary N) is 1. The average molecular weight is 313 g/mol. The second kappa shape index (κ2) is 7.75. The summed E-state index contributed by atoms with van der Waals surface area (Å²) in [7, 11) is 0. The molecule has 0 bridgehead atoms. The van der Waals surface area contributed by atoms with E-state index in [0.717, 1.165) is 6.42 Å². The molecule has 0 aliphatic carbocycles. The van der Waals surface area contributed by atoms with Gasteiger partial charge in [0.05, 0.1) is 18.7 Å². The van der Waals surface area contributed by atoms with Crippen molar-refractivity contribution in [2.45, 2.75) is 26.3 Å². The van der Waals surface area contributed by atoms with E-state index in [2.05, 4.69) is 5.32 Å². The summed E-state index contributed by atoms with van der Waals surface area (Å²) < 4.78 is 0. The monoisotopic (exact) mass is 313 g/mol. The molecule has 21 heavy (non-hydrogen) atoms. The van der Waals surface area contributed by atoms with Gasteiger partial charge in [-0.15, -0.1) is 11.3 Å². The van der Waals surface area contributed by atoms with Crippen LogP contribution in [0.3, 0.4) is 0 Å². The number of carboxylic acid groups (broad SMARTS) is 1. The molecule has 0 fully saturated rings. The second-order valence-corrected chi connectivity index (χ2v) is 5.55. The van der Waals surface area contributed by atoms with E-state index in [1.165, 1.54) is 17.4 Å². The summed E-state index contributed by atoms with van der Waals surface area (Å²) in [6.45, 7) is 3.50. The molecule has 0 saturated heterocycles. The van der Waals surface area contributed by atoms with E-state index in [0.29, 0.717) is 5.00 Å². The van der Waals surface area contributed by atoms with Crippen LogP contribution in [0.25, 0.3) is 0 Å². The number of carbonyl (C=O) groups is 3. The summed E-state index contributed by atoms with van der Waals surface area (Å²) in [5.74, 6) is -1.98. The summed E-state index contributed by atoms with van der Waals surface area (Å²) >= 11 is 1.19. The van der Waals surface area contributed by atoms with Crippen LogP contribution in [-0.2, 0) is 9.59 Å². The number of hydrogen-bond acceptors (Lipinski definition) is 5. The largest absolute Gasteiger partial charge is 0.480 e. The Balaban J connectivity index is 2.71. The molecule has 2 amide bonds. The quantitative estimate of drug-likeness (QED) is 0.662. The lowest BCUT2D eigenvalue weighted by atomic mass is 10.2. The molecule has 1 atom stereocenters. The Morgan fingerprint density at radius 3 is 2.62 bits per heavy atom. The van der Waals surface area contributed by atoms with Crippen LogP contribution in [0.2, 0.25) is 0 Å². The number of primary amides is 1. The standard InChI is InChI=1S/C13H19N3O4S/c1-3-8(2)16(7-11(18)19)6-10(17)15-13-9(12(14)20)4-5-21-13/h4-5,8H,3,6-7H2,1-2H3,(H2,14,20)(H,15,17)(H,18,19). The van der Waals surface area contributed by atoms with Crippen LogP contribution in [0.4, 0.5) is 5.00 Å². The predicted molar refractivity (Wildman–Crippen MR) is 80.4 cm³/mol. The highest BCUT2D eigenvalue weighted by Gasteiger charge is 2.20. The molecular formula is C13H19N3O4S. The molecule has 0 spiro atoms. The number of rotatable bonds is 8. The second-order valence-electron chi connectivity index (χ2n) is 4.63. The molecule has 0 radical (unpaired) electrons. The van der Waals surface area contributed by atoms with Crippen molar-refractivity contribution < 1.29 is 19.5 Å². The number of aliphatic carboxylic acids is 1. The Hall–Kier alpha value is -1.93. The highest BCUT2D eigenvalue weighted by atomic mass is 32.1. The van der Waals surface area contributed by atoms with Crippen molar-refractivity contribution >= 4 is 34.1 Å². The van der Waals surface area contributed by atoms with E-state index >= 15 is 0 Å². The third-order valence-corrected chi connectivity index (χ3v) is 3.91. The molecule has 7 nitrogen and oxygen atoms in total. The van der Waals surface area contributed by atoms with E-state index < -0.39 is 11.9 Å². The van der Waals surface area contributed by atoms with Gasteiger partial charge in [-0.25, -0.2) is 0 Å². The first-order chi connectivity index (χ1) is 9.85. The molecule has 0 aromatic carbocycles. The molecule has 1 rings (SSSR count). The number of nitrogens with zero attached hydrogens (tertiary/aromatic N) is 1. The van der Waals surface area contributed by atoms with Gasteiger partial charge >= 0.3 is 5.97 Å². The van der Waals surface area contributed by atoms with Crippen molar-refractivity contribution in [3.8, 4) is 0 Å². The molecule has 8 heteroatoms. The van der Waals surface area contributed by atoms with Gasteiger partial charge in [0, 0.05) is 6.04 Å². The van der Waals surface area contributed by atoms with Gasteiger partial charge in [0.15, 0.2) is 0 Å². The van der Waals surface area contributed by atoms with Gasteiger partial charge in [-0.1, -0.05) is 6.92 Å². The Kier molecular flexibility index (Phi) is 6.32. The zero-order valence-electron chi connectivity index (χ0n) is 12.0. The summed E-state index contributed by atoms with van der Waals surface area (Å²) in [5, 5.41) is 13.5. The fraction of sp³-hybridized carbons (Fsp3) is 0.462. The minimum absolute atomic E-state index is 0.0363. The van der Waals surface area contributed by atoms with Crippen molar-refractivity contribution in [2.24, 2.45) is 5.73 Å². The summed E-state index contributed by atoms with van der Waals surface area (Å²) in [6.07, 6.45) is 0.728. The number of hydrogen-bond donors (Lipinski definition) is 3. The van der Waals surface area contributed by atoms with Gasteiger partial charge in [0.2, 0.25) is 5.91 Å². The van der Waals surface area contributed by atoms with E-state index in [1.54, 1.807) is 10.3 Å². The number of thiophene rings is 1. The van der Waals surface area contributed by atoms with Gasteiger partial charge in [-0.05, 0) is 24.8 Å². The zero-order chi connectivity index (χ0) is 16.0. The lowest BCUT2D eigenvalue weighted by Crippen LogP contribution is -2.42. The SMILES string of the molecule is CCC(C)N(CC(=O)O)CC(=O)Nc1sccc1C(N)=O. The third-order valence-electron chi connectivity index (χ3n) is 3.08. The van der Waals surface area contributed by atoms with Crippen LogP contribution in [0.5, 0.6) is 0 Å². The average Bonchev–Trinajstić information content (AvgIpc) is 2.84. The molecule has 0 aliphatic rings. The summed E-state index contributed by atoms with van der Waals surface area (Å²) in [4.78, 5) is 35.6. The highest BCUT2D eigenvalue weighted by Crippen LogP contribution is 2.22. The van der Waals surface area contributed by atoms with Crippen LogP contribution in [0.1, 0.15) is 30.6 Å². The fourth-order valence-electron chi connectivity index (χ4n) is 1.75. The minimum Gasteiger partial charge on any atom is -0.480 e. The smallest absolute Gasteiger partial charge is 0.317 e. The molecule has 1 unspecified atom stereocenters. The minimum atomic E-state index is -0.989. The van der Waals surface area contributed by atoms with Crippen LogP contribution >= 0.6 is 11.3 Å². The maximum Gasteiger partial charge on any atom is 0.317 e. The Bertz CT molecular complexity index is 529. The van der Waals surface area contributed by atoms with Gasteiger partial charge in [-0.3, -0.25) is 19.3 Å². The number of carboxylic acids is 1. The van der Waals surface area contributed by atoms with Gasteiger partial charge in [-0.2, -0.15) is 0 Å². The molecule has 1 heterocycles. The summed E-state index contributed by atoms with van der Waals surface area (Å²) in [5.41, 5.74) is 5.45. The molecule has 116 valence electrons. The van der Waals surface area contributed by atoms with E-state index in [4.69, 9.17) is 10.8 Å². The number of anilines is 1. The topological polar surface area (TPSA) is 113 Å². The van der Waals surface area contributed by atoms with Crippen molar-refractivity contribution in [3.63, 3.8) is 0 Å². The Morgan fingerprint density at radius 1 is 1.43 bits per heavy atom. The van der Waals surface area contributed by atoms with Gasteiger partial charge in [0.1, 0.15) is 5.00 Å². The molecule has 0 aliphatic heterocycles. The van der Waals surface area contributed by atoms with Gasteiger partial charge < -0.3 is 16.2 Å². The Labute approximate surface area is 126 Å². The molecule has 1 aromatic rings. The lowest BCUT2D eigenvalue weighted by Gasteiger charge is -2.25. The first kappa shape index (κ1) is 17.1. The number of nitrogens with one attached hydrogen (secondary N) is 1. The van der Waals surface area contributed by atoms with Crippen LogP contribution in [0, 0.1) is 0 Å². The van der Waals surface area contributed by atoms with Gasteiger partial charge in [0.25, 0.3) is 5.91 Å². The van der Waals surface area contributed by atoms with E-state index in [1.807, 2.05) is 13.8 Å². The highest BCUT2D eigenvalue weighted by molar-refractivity contribution is 7.14. The van der Waals surface area contributed by atoms with Crippen LogP contribution in [0.15, 0.2) is 11.4 Å². The zero-order valence-corrected chi connectivity index (χ0v) is 12.8. The van der Waals surface area contributed by atoms with E-state index in [-0.39, 0.29) is 30.6 Å². The van der Waals surface area contributed by atoms with E-state index in [9.17, 15) is 14.4 Å². The fourth-order valence-corrected chi connectivity index (χ4v) is 2.56. The Morgan fingerprint density at radius 2 is 2.10 bits per heavy atom. The molecular weight excluding hydrogens is 294 g/mol. The number of amides is 2. The normalized spacial score (nSPS) is 12.1. The van der Waals surface area contributed by atoms with Crippen molar-refractivity contribution in [1.82, 2.24) is 4.90 Å². The first-order valence-corrected chi connectivity index (χ1v) is 7.36. The molecule has 0 saturated carbocycles. The third kappa shape index (κ3) is 5.16. The van der Waals surface area contributed by atoms with Crippen molar-refractivity contribution in [3.05, 3.63) is 17.0 Å². The maximum absolute atomic E-state index is 12.0. The van der Waals surface area contributed by atoms with Crippen molar-refractivity contribution in [2.75, 3.05) is 18.4 Å².